The van der Waals surface area contributed by atoms with Crippen LogP contribution < -0.4 is 10.6 Å². The summed E-state index contributed by atoms with van der Waals surface area (Å²) in [5, 5.41) is 2.20. The minimum Gasteiger partial charge on any atom is -0.398 e. The third-order valence-electron chi connectivity index (χ3n) is 3.95. The van der Waals surface area contributed by atoms with Crippen LogP contribution in [-0.2, 0) is 4.74 Å². The maximum atomic E-state index is 6.03. The molecule has 0 bridgehead atoms. The first-order chi connectivity index (χ1) is 9.27. The molecule has 1 aliphatic heterocycles. The van der Waals surface area contributed by atoms with E-state index in [0.717, 1.165) is 37.1 Å². The highest BCUT2D eigenvalue weighted by Gasteiger charge is 2.20. The number of pyridine rings is 1. The fourth-order valence-electron chi connectivity index (χ4n) is 2.77. The molecule has 1 aromatic carbocycles. The van der Waals surface area contributed by atoms with Gasteiger partial charge in [0.25, 0.3) is 0 Å². The van der Waals surface area contributed by atoms with Crippen molar-refractivity contribution in [3.63, 3.8) is 0 Å². The van der Waals surface area contributed by atoms with Gasteiger partial charge in [-0.2, -0.15) is 0 Å². The SMILES string of the molecule is CN(c1ccc(N)c2cnccc12)C1CCOCC1. The van der Waals surface area contributed by atoms with E-state index in [9.17, 15) is 0 Å². The average Bonchev–Trinajstić information content (AvgIpc) is 2.48. The maximum Gasteiger partial charge on any atom is 0.0485 e. The van der Waals surface area contributed by atoms with Crippen molar-refractivity contribution in [3.05, 3.63) is 30.6 Å². The molecule has 100 valence electrons. The summed E-state index contributed by atoms with van der Waals surface area (Å²) in [5.74, 6) is 0. The molecule has 0 atom stereocenters. The molecule has 0 saturated carbocycles. The van der Waals surface area contributed by atoms with Gasteiger partial charge in [0, 0.05) is 60.8 Å². The van der Waals surface area contributed by atoms with Crippen LogP contribution in [0.15, 0.2) is 30.6 Å². The number of hydrogen-bond acceptors (Lipinski definition) is 4. The van der Waals surface area contributed by atoms with Gasteiger partial charge in [-0.1, -0.05) is 0 Å². The smallest absolute Gasteiger partial charge is 0.0485 e. The lowest BCUT2D eigenvalue weighted by atomic mass is 10.0. The lowest BCUT2D eigenvalue weighted by molar-refractivity contribution is 0.0855. The monoisotopic (exact) mass is 257 g/mol. The van der Waals surface area contributed by atoms with Gasteiger partial charge in [0.1, 0.15) is 0 Å². The minimum atomic E-state index is 0.536. The first-order valence-electron chi connectivity index (χ1n) is 6.70. The van der Waals surface area contributed by atoms with Crippen LogP contribution in [0.2, 0.25) is 0 Å². The van der Waals surface area contributed by atoms with Gasteiger partial charge in [0.15, 0.2) is 0 Å². The summed E-state index contributed by atoms with van der Waals surface area (Å²) < 4.78 is 5.44. The zero-order valence-corrected chi connectivity index (χ0v) is 11.2. The van der Waals surface area contributed by atoms with Crippen molar-refractivity contribution in [3.8, 4) is 0 Å². The standard InChI is InChI=1S/C15H19N3O/c1-18(11-5-8-19-9-6-11)15-3-2-14(16)13-10-17-7-4-12(13)15/h2-4,7,10-11H,5-6,8-9,16H2,1H3. The molecule has 4 heteroatoms. The number of benzene rings is 1. The van der Waals surface area contributed by atoms with Crippen molar-refractivity contribution < 1.29 is 4.74 Å². The number of hydrogen-bond donors (Lipinski definition) is 1. The normalized spacial score (nSPS) is 16.7. The van der Waals surface area contributed by atoms with Crippen LogP contribution >= 0.6 is 0 Å². The van der Waals surface area contributed by atoms with Gasteiger partial charge in [-0.25, -0.2) is 0 Å². The Hall–Kier alpha value is -1.81. The summed E-state index contributed by atoms with van der Waals surface area (Å²) in [6.07, 6.45) is 5.82. The van der Waals surface area contributed by atoms with Crippen molar-refractivity contribution in [2.45, 2.75) is 18.9 Å². The van der Waals surface area contributed by atoms with Crippen LogP contribution in [0.3, 0.4) is 0 Å². The van der Waals surface area contributed by atoms with E-state index in [2.05, 4.69) is 23.0 Å². The van der Waals surface area contributed by atoms with E-state index in [1.54, 1.807) is 0 Å². The second-order valence-electron chi connectivity index (χ2n) is 5.05. The Balaban J connectivity index is 2.02. The van der Waals surface area contributed by atoms with Crippen molar-refractivity contribution in [2.24, 2.45) is 0 Å². The summed E-state index contributed by atoms with van der Waals surface area (Å²) >= 11 is 0. The van der Waals surface area contributed by atoms with Crippen LogP contribution in [0.25, 0.3) is 10.8 Å². The van der Waals surface area contributed by atoms with E-state index < -0.39 is 0 Å². The molecule has 19 heavy (non-hydrogen) atoms. The largest absolute Gasteiger partial charge is 0.398 e. The van der Waals surface area contributed by atoms with E-state index >= 15 is 0 Å². The number of aromatic nitrogens is 1. The van der Waals surface area contributed by atoms with Crippen molar-refractivity contribution in [1.82, 2.24) is 4.98 Å². The highest BCUT2D eigenvalue weighted by molar-refractivity contribution is 6.00. The predicted octanol–water partition coefficient (Wildman–Crippen LogP) is 2.43. The lowest BCUT2D eigenvalue weighted by Crippen LogP contribution is -2.36. The molecule has 3 rings (SSSR count). The molecular formula is C15H19N3O. The van der Waals surface area contributed by atoms with Crippen molar-refractivity contribution in [2.75, 3.05) is 30.9 Å². The Morgan fingerprint density at radius 3 is 2.79 bits per heavy atom. The summed E-state index contributed by atoms with van der Waals surface area (Å²) in [6.45, 7) is 1.70. The molecule has 2 heterocycles. The third-order valence-corrected chi connectivity index (χ3v) is 3.95. The number of rotatable bonds is 2. The molecule has 4 nitrogen and oxygen atoms in total. The Bertz CT molecular complexity index is 579. The third kappa shape index (κ3) is 2.24. The highest BCUT2D eigenvalue weighted by Crippen LogP contribution is 2.32. The Labute approximate surface area is 113 Å². The molecule has 0 aliphatic carbocycles. The molecule has 0 radical (unpaired) electrons. The number of ether oxygens (including phenoxy) is 1. The zero-order valence-electron chi connectivity index (χ0n) is 11.2. The maximum absolute atomic E-state index is 6.03. The lowest BCUT2D eigenvalue weighted by Gasteiger charge is -2.33. The Morgan fingerprint density at radius 2 is 2.00 bits per heavy atom. The molecule has 0 amide bonds. The van der Waals surface area contributed by atoms with Crippen LogP contribution in [0.4, 0.5) is 11.4 Å². The van der Waals surface area contributed by atoms with Crippen LogP contribution in [0.5, 0.6) is 0 Å². The highest BCUT2D eigenvalue weighted by atomic mass is 16.5. The molecule has 1 aliphatic rings. The fourth-order valence-corrected chi connectivity index (χ4v) is 2.77. The van der Waals surface area contributed by atoms with Gasteiger partial charge in [0.2, 0.25) is 0 Å². The zero-order chi connectivity index (χ0) is 13.2. The van der Waals surface area contributed by atoms with Gasteiger partial charge in [-0.15, -0.1) is 0 Å². The summed E-state index contributed by atoms with van der Waals surface area (Å²) in [6, 6.07) is 6.65. The first-order valence-corrected chi connectivity index (χ1v) is 6.70. The van der Waals surface area contributed by atoms with E-state index in [4.69, 9.17) is 10.5 Å². The molecule has 0 unspecified atom stereocenters. The summed E-state index contributed by atoms with van der Waals surface area (Å²) in [4.78, 5) is 6.52. The molecular weight excluding hydrogens is 238 g/mol. The second kappa shape index (κ2) is 5.05. The van der Waals surface area contributed by atoms with Gasteiger partial charge in [-0.05, 0) is 31.0 Å². The van der Waals surface area contributed by atoms with Crippen LogP contribution in [0, 0.1) is 0 Å². The van der Waals surface area contributed by atoms with E-state index in [-0.39, 0.29) is 0 Å². The predicted molar refractivity (Wildman–Crippen MR) is 78.4 cm³/mol. The fraction of sp³-hybridized carbons (Fsp3) is 0.400. The average molecular weight is 257 g/mol. The number of anilines is 2. The van der Waals surface area contributed by atoms with Gasteiger partial charge >= 0.3 is 0 Å². The Morgan fingerprint density at radius 1 is 1.21 bits per heavy atom. The molecule has 1 fully saturated rings. The van der Waals surface area contributed by atoms with Crippen molar-refractivity contribution >= 4 is 22.1 Å². The van der Waals surface area contributed by atoms with Gasteiger partial charge in [-0.3, -0.25) is 4.98 Å². The van der Waals surface area contributed by atoms with Gasteiger partial charge in [0.05, 0.1) is 0 Å². The van der Waals surface area contributed by atoms with E-state index in [1.807, 2.05) is 24.5 Å². The summed E-state index contributed by atoms with van der Waals surface area (Å²) in [5.41, 5.74) is 8.03. The van der Waals surface area contributed by atoms with Crippen molar-refractivity contribution in [1.29, 1.82) is 0 Å². The number of nitrogens with two attached hydrogens (primary N) is 1. The topological polar surface area (TPSA) is 51.4 Å². The minimum absolute atomic E-state index is 0.536. The molecule has 1 saturated heterocycles. The number of fused-ring (bicyclic) bond motifs is 1. The van der Waals surface area contributed by atoms with E-state index in [1.165, 1.54) is 11.1 Å². The molecule has 2 aromatic rings. The van der Waals surface area contributed by atoms with E-state index in [0.29, 0.717) is 6.04 Å². The quantitative estimate of drug-likeness (QED) is 0.839. The summed E-state index contributed by atoms with van der Waals surface area (Å²) in [7, 11) is 2.15. The van der Waals surface area contributed by atoms with Crippen LogP contribution in [-0.4, -0.2) is 31.3 Å². The second-order valence-corrected chi connectivity index (χ2v) is 5.05. The number of nitrogens with zero attached hydrogens (tertiary/aromatic N) is 2. The molecule has 2 N–H and O–H groups in total. The molecule has 0 spiro atoms. The molecule has 1 aromatic heterocycles. The van der Waals surface area contributed by atoms with Crippen LogP contribution in [0.1, 0.15) is 12.8 Å². The first kappa shape index (κ1) is 12.2. The number of nitrogen functional groups attached to an aromatic ring is 1. The Kier molecular flexibility index (Phi) is 3.25. The van der Waals surface area contributed by atoms with Gasteiger partial charge < -0.3 is 15.4 Å².